The van der Waals surface area contributed by atoms with Crippen LogP contribution in [0, 0.1) is 0 Å². The van der Waals surface area contributed by atoms with Gasteiger partial charge in [-0.2, -0.15) is 0 Å². The second kappa shape index (κ2) is 18.7. The number of methoxy groups -OCH3 is 1. The van der Waals surface area contributed by atoms with Crippen molar-refractivity contribution in [2.24, 2.45) is 0 Å². The van der Waals surface area contributed by atoms with Crippen molar-refractivity contribution >= 4 is 12.2 Å². The van der Waals surface area contributed by atoms with E-state index in [2.05, 4.69) is 12.1 Å². The van der Waals surface area contributed by atoms with Crippen LogP contribution in [0.5, 0.6) is 17.2 Å². The molecule has 3 aromatic carbocycles. The van der Waals surface area contributed by atoms with Gasteiger partial charge in [-0.1, -0.05) is 48.5 Å². The summed E-state index contributed by atoms with van der Waals surface area (Å²) in [5.41, 5.74) is 2.58. The van der Waals surface area contributed by atoms with Crippen molar-refractivity contribution in [2.75, 3.05) is 66.3 Å². The van der Waals surface area contributed by atoms with Gasteiger partial charge < -0.3 is 43.0 Å². The van der Waals surface area contributed by atoms with Crippen LogP contribution in [-0.4, -0.2) is 100 Å². The van der Waals surface area contributed by atoms with Gasteiger partial charge in [0.2, 0.25) is 0 Å². The first-order chi connectivity index (χ1) is 24.7. The van der Waals surface area contributed by atoms with E-state index in [1.807, 2.05) is 81.4 Å². The van der Waals surface area contributed by atoms with Gasteiger partial charge in [-0.15, -0.1) is 0 Å². The Bertz CT molecular complexity index is 1540. The fourth-order valence-electron chi connectivity index (χ4n) is 6.21. The molecule has 0 N–H and O–H groups in total. The van der Waals surface area contributed by atoms with E-state index < -0.39 is 5.60 Å². The first kappa shape index (κ1) is 37.8. The number of carbonyl (C=O) groups is 2. The molecule has 0 radical (unpaired) electrons. The second-order valence-corrected chi connectivity index (χ2v) is 13.7. The van der Waals surface area contributed by atoms with Crippen LogP contribution in [0.25, 0.3) is 0 Å². The zero-order valence-electron chi connectivity index (χ0n) is 30.3. The minimum Gasteiger partial charge on any atom is -0.496 e. The van der Waals surface area contributed by atoms with Crippen LogP contribution in [0.2, 0.25) is 0 Å². The minimum atomic E-state index is -0.585. The predicted molar refractivity (Wildman–Crippen MR) is 193 cm³/mol. The summed E-state index contributed by atoms with van der Waals surface area (Å²) in [6, 6.07) is 23.8. The highest BCUT2D eigenvalue weighted by Crippen LogP contribution is 2.32. The molecule has 0 aliphatic carbocycles. The Morgan fingerprint density at radius 2 is 1.61 bits per heavy atom. The topological polar surface area (TPSA) is 105 Å². The molecule has 11 nitrogen and oxygen atoms in total. The smallest absolute Gasteiger partial charge is 0.410 e. The average Bonchev–Trinajstić information content (AvgIpc) is 3.54. The van der Waals surface area contributed by atoms with Crippen molar-refractivity contribution in [3.8, 4) is 17.2 Å². The summed E-state index contributed by atoms with van der Waals surface area (Å²) < 4.78 is 40.6. The van der Waals surface area contributed by atoms with E-state index in [1.54, 1.807) is 16.9 Å². The fraction of sp³-hybridized carbons (Fsp3) is 0.500. The highest BCUT2D eigenvalue weighted by molar-refractivity contribution is 5.69. The van der Waals surface area contributed by atoms with Gasteiger partial charge in [-0.05, 0) is 69.0 Å². The molecular formula is C40H52N2O9. The number of hydrogen-bond donors (Lipinski definition) is 0. The highest BCUT2D eigenvalue weighted by Gasteiger charge is 2.35. The Labute approximate surface area is 301 Å². The molecule has 2 atom stereocenters. The van der Waals surface area contributed by atoms with Crippen molar-refractivity contribution in [1.29, 1.82) is 0 Å². The standard InChI is InChI=1S/C40H52N2O9/c1-40(2,3)51-39(44)42-21-19-34(30-14-16-33(17-15-30)47-24-9-23-46-29-32-11-6-7-12-35(32)45-4)37(28-42)49-27-26-48-36-13-8-5-10-31(36)18-20-41-22-25-50-38(41)43/h5-8,10-17,34,37H,9,18-29H2,1-4H3. The van der Waals surface area contributed by atoms with Crippen LogP contribution in [0.4, 0.5) is 9.59 Å². The Balaban J connectivity index is 1.12. The van der Waals surface area contributed by atoms with E-state index in [4.69, 9.17) is 33.2 Å². The maximum atomic E-state index is 13.0. The number of cyclic esters (lactones) is 1. The number of carbonyl (C=O) groups excluding carboxylic acids is 2. The number of likely N-dealkylation sites (tertiary alicyclic amines) is 1. The van der Waals surface area contributed by atoms with Gasteiger partial charge in [0.05, 0.1) is 52.7 Å². The Hall–Kier alpha value is -4.48. The fourth-order valence-corrected chi connectivity index (χ4v) is 6.21. The molecule has 0 aromatic heterocycles. The first-order valence-corrected chi connectivity index (χ1v) is 17.8. The number of benzene rings is 3. The van der Waals surface area contributed by atoms with Crippen molar-refractivity contribution in [3.63, 3.8) is 0 Å². The lowest BCUT2D eigenvalue weighted by Gasteiger charge is -2.39. The SMILES string of the molecule is COc1ccccc1COCCCOc1ccc(C2CCN(C(=O)OC(C)(C)C)CC2OCCOc2ccccc2CCN2CCOC2=O)cc1. The third kappa shape index (κ3) is 11.5. The summed E-state index contributed by atoms with van der Waals surface area (Å²) in [6.07, 6.45) is 1.30. The molecule has 11 heteroatoms. The van der Waals surface area contributed by atoms with Gasteiger partial charge in [0.15, 0.2) is 0 Å². The van der Waals surface area contributed by atoms with Crippen LogP contribution in [0.15, 0.2) is 72.8 Å². The van der Waals surface area contributed by atoms with Crippen molar-refractivity contribution in [1.82, 2.24) is 9.80 Å². The van der Waals surface area contributed by atoms with Crippen LogP contribution in [0.3, 0.4) is 0 Å². The van der Waals surface area contributed by atoms with E-state index in [0.717, 1.165) is 46.8 Å². The molecular weight excluding hydrogens is 652 g/mol. The Morgan fingerprint density at radius 3 is 2.33 bits per heavy atom. The molecule has 276 valence electrons. The summed E-state index contributed by atoms with van der Waals surface area (Å²) in [7, 11) is 1.66. The van der Waals surface area contributed by atoms with E-state index >= 15 is 0 Å². The molecule has 0 saturated carbocycles. The average molecular weight is 705 g/mol. The predicted octanol–water partition coefficient (Wildman–Crippen LogP) is 6.86. The maximum absolute atomic E-state index is 13.0. The van der Waals surface area contributed by atoms with E-state index in [-0.39, 0.29) is 24.2 Å². The molecule has 51 heavy (non-hydrogen) atoms. The maximum Gasteiger partial charge on any atom is 0.410 e. The first-order valence-electron chi connectivity index (χ1n) is 17.8. The molecule has 2 fully saturated rings. The van der Waals surface area contributed by atoms with Crippen molar-refractivity contribution in [3.05, 3.63) is 89.5 Å². The highest BCUT2D eigenvalue weighted by atomic mass is 16.6. The van der Waals surface area contributed by atoms with Crippen molar-refractivity contribution < 1.29 is 42.7 Å². The van der Waals surface area contributed by atoms with Crippen LogP contribution in [-0.2, 0) is 32.0 Å². The summed E-state index contributed by atoms with van der Waals surface area (Å²) in [5, 5.41) is 0. The van der Waals surface area contributed by atoms with E-state index in [1.165, 1.54) is 0 Å². The van der Waals surface area contributed by atoms with Crippen molar-refractivity contribution in [2.45, 2.75) is 64.3 Å². The quantitative estimate of drug-likeness (QED) is 0.139. The largest absolute Gasteiger partial charge is 0.496 e. The molecule has 2 aliphatic rings. The lowest BCUT2D eigenvalue weighted by Crippen LogP contribution is -2.48. The van der Waals surface area contributed by atoms with Gasteiger partial charge in [0.25, 0.3) is 0 Å². The molecule has 3 aromatic rings. The molecule has 2 saturated heterocycles. The lowest BCUT2D eigenvalue weighted by molar-refractivity contribution is -0.0358. The summed E-state index contributed by atoms with van der Waals surface area (Å²) in [6.45, 7) is 10.5. The van der Waals surface area contributed by atoms with Gasteiger partial charge in [-0.25, -0.2) is 9.59 Å². The third-order valence-electron chi connectivity index (χ3n) is 8.81. The number of para-hydroxylation sites is 2. The molecule has 2 amide bonds. The molecule has 0 bridgehead atoms. The summed E-state index contributed by atoms with van der Waals surface area (Å²) in [4.78, 5) is 28.3. The van der Waals surface area contributed by atoms with Crippen LogP contribution >= 0.6 is 0 Å². The number of ether oxygens (including phenoxy) is 7. The Morgan fingerprint density at radius 1 is 0.863 bits per heavy atom. The van der Waals surface area contributed by atoms with Gasteiger partial charge in [0, 0.05) is 31.0 Å². The number of rotatable bonds is 17. The Kier molecular flexibility index (Phi) is 13.8. The van der Waals surface area contributed by atoms with E-state index in [9.17, 15) is 9.59 Å². The number of hydrogen-bond acceptors (Lipinski definition) is 9. The number of piperidine rings is 1. The number of amides is 2. The molecule has 2 unspecified atom stereocenters. The van der Waals surface area contributed by atoms with Crippen LogP contribution in [0.1, 0.15) is 56.2 Å². The number of nitrogens with zero attached hydrogens (tertiary/aromatic N) is 2. The zero-order chi connectivity index (χ0) is 36.1. The third-order valence-corrected chi connectivity index (χ3v) is 8.81. The van der Waals surface area contributed by atoms with Crippen LogP contribution < -0.4 is 14.2 Å². The molecule has 0 spiro atoms. The molecule has 2 aliphatic heterocycles. The normalized spacial score (nSPS) is 17.6. The minimum absolute atomic E-state index is 0.0774. The van der Waals surface area contributed by atoms with E-state index in [0.29, 0.717) is 72.2 Å². The molecule has 2 heterocycles. The summed E-state index contributed by atoms with van der Waals surface area (Å²) in [5.74, 6) is 2.46. The van der Waals surface area contributed by atoms with Gasteiger partial charge in [0.1, 0.15) is 36.1 Å². The summed E-state index contributed by atoms with van der Waals surface area (Å²) >= 11 is 0. The zero-order valence-corrected chi connectivity index (χ0v) is 30.3. The van der Waals surface area contributed by atoms with Gasteiger partial charge in [-0.3, -0.25) is 0 Å². The lowest BCUT2D eigenvalue weighted by atomic mass is 9.87. The van der Waals surface area contributed by atoms with Gasteiger partial charge >= 0.3 is 12.2 Å². The molecule has 5 rings (SSSR count). The monoisotopic (exact) mass is 704 g/mol. The second-order valence-electron chi connectivity index (χ2n) is 13.7.